The number of hydrogen-bond donors (Lipinski definition) is 1. The molecule has 3 aromatic rings. The first-order valence-corrected chi connectivity index (χ1v) is 7.82. The fourth-order valence-corrected chi connectivity index (χ4v) is 2.42. The molecule has 3 rings (SSSR count). The van der Waals surface area contributed by atoms with Crippen LogP contribution in [0, 0.1) is 13.8 Å². The van der Waals surface area contributed by atoms with E-state index >= 15 is 0 Å². The summed E-state index contributed by atoms with van der Waals surface area (Å²) in [4.78, 5) is 0. The summed E-state index contributed by atoms with van der Waals surface area (Å²) in [6.45, 7) is 4.21. The first kappa shape index (κ1) is 15.3. The Kier molecular flexibility index (Phi) is 4.47. The van der Waals surface area contributed by atoms with Crippen molar-refractivity contribution in [2.24, 2.45) is 0 Å². The maximum Gasteiger partial charge on any atom is 0.312 e. The highest BCUT2D eigenvalue weighted by molar-refractivity contribution is 7.98. The van der Waals surface area contributed by atoms with Crippen molar-refractivity contribution in [1.82, 2.24) is 20.4 Å². The molecule has 0 aliphatic carbocycles. The maximum absolute atomic E-state index is 5.72. The van der Waals surface area contributed by atoms with Gasteiger partial charge in [0.15, 0.2) is 6.61 Å². The first-order chi connectivity index (χ1) is 11.1. The molecule has 0 bridgehead atoms. The number of aromatic nitrogens is 4. The summed E-state index contributed by atoms with van der Waals surface area (Å²) in [5.41, 5.74) is 7.54. The van der Waals surface area contributed by atoms with Crippen LogP contribution in [-0.2, 0) is 12.4 Å². The number of anilines is 1. The van der Waals surface area contributed by atoms with E-state index in [-0.39, 0.29) is 12.6 Å². The normalized spacial score (nSPS) is 10.9. The number of benzene rings is 1. The molecule has 0 fully saturated rings. The minimum absolute atomic E-state index is 0.0359. The Morgan fingerprint density at radius 2 is 1.91 bits per heavy atom. The van der Waals surface area contributed by atoms with Crippen LogP contribution in [0.15, 0.2) is 32.3 Å². The van der Waals surface area contributed by atoms with E-state index in [0.29, 0.717) is 22.8 Å². The zero-order chi connectivity index (χ0) is 16.2. The molecule has 2 N–H and O–H groups in total. The van der Waals surface area contributed by atoms with Crippen molar-refractivity contribution >= 4 is 17.8 Å². The standard InChI is InChI=1S/C14H15N5O3S/c1-8-3-4-9(2)10(5-8)20-6-11-16-19-14(22-11)23-7-12-17-18-13(15)21-12/h3-5H,6-7H2,1-2H3,(H2,15,18). The molecule has 0 aliphatic rings. The highest BCUT2D eigenvalue weighted by Crippen LogP contribution is 2.23. The van der Waals surface area contributed by atoms with Gasteiger partial charge in [-0.15, -0.1) is 15.3 Å². The summed E-state index contributed by atoms with van der Waals surface area (Å²) in [6.07, 6.45) is 0. The monoisotopic (exact) mass is 333 g/mol. The van der Waals surface area contributed by atoms with Gasteiger partial charge in [-0.3, -0.25) is 0 Å². The van der Waals surface area contributed by atoms with E-state index < -0.39 is 0 Å². The van der Waals surface area contributed by atoms with Gasteiger partial charge < -0.3 is 19.3 Å². The molecule has 0 saturated heterocycles. The fourth-order valence-electron chi connectivity index (χ4n) is 1.81. The molecule has 2 heterocycles. The van der Waals surface area contributed by atoms with E-state index in [4.69, 9.17) is 19.3 Å². The van der Waals surface area contributed by atoms with Crippen LogP contribution in [0.4, 0.5) is 6.01 Å². The van der Waals surface area contributed by atoms with Crippen LogP contribution < -0.4 is 10.5 Å². The van der Waals surface area contributed by atoms with Crippen molar-refractivity contribution in [2.45, 2.75) is 31.4 Å². The Hall–Kier alpha value is -2.55. The van der Waals surface area contributed by atoms with E-state index in [2.05, 4.69) is 20.4 Å². The lowest BCUT2D eigenvalue weighted by atomic mass is 10.1. The highest BCUT2D eigenvalue weighted by atomic mass is 32.2. The number of aryl methyl sites for hydroxylation is 2. The summed E-state index contributed by atoms with van der Waals surface area (Å²) in [5.74, 6) is 2.01. The van der Waals surface area contributed by atoms with Gasteiger partial charge in [0.05, 0.1) is 5.75 Å². The number of ether oxygens (including phenoxy) is 1. The van der Waals surface area contributed by atoms with Crippen molar-refractivity contribution in [2.75, 3.05) is 5.73 Å². The molecule has 2 aromatic heterocycles. The lowest BCUT2D eigenvalue weighted by Crippen LogP contribution is -1.97. The second-order valence-electron chi connectivity index (χ2n) is 4.84. The van der Waals surface area contributed by atoms with E-state index in [0.717, 1.165) is 16.9 Å². The van der Waals surface area contributed by atoms with Crippen molar-refractivity contribution in [3.63, 3.8) is 0 Å². The van der Waals surface area contributed by atoms with Gasteiger partial charge in [-0.1, -0.05) is 29.0 Å². The third-order valence-electron chi connectivity index (χ3n) is 2.94. The molecular formula is C14H15N5O3S. The summed E-state index contributed by atoms with van der Waals surface area (Å²) in [5, 5.41) is 15.6. The smallest absolute Gasteiger partial charge is 0.312 e. The summed E-state index contributed by atoms with van der Waals surface area (Å²) in [6, 6.07) is 6.05. The highest BCUT2D eigenvalue weighted by Gasteiger charge is 2.11. The summed E-state index contributed by atoms with van der Waals surface area (Å²) in [7, 11) is 0. The Morgan fingerprint density at radius 1 is 1.09 bits per heavy atom. The Bertz CT molecular complexity index is 801. The first-order valence-electron chi connectivity index (χ1n) is 6.83. The van der Waals surface area contributed by atoms with Crippen molar-refractivity contribution in [3.8, 4) is 5.75 Å². The van der Waals surface area contributed by atoms with Crippen LogP contribution in [0.25, 0.3) is 0 Å². The van der Waals surface area contributed by atoms with Crippen LogP contribution in [0.3, 0.4) is 0 Å². The number of rotatable bonds is 6. The molecule has 0 aliphatic heterocycles. The third kappa shape index (κ3) is 4.01. The van der Waals surface area contributed by atoms with E-state index in [9.17, 15) is 0 Å². The second-order valence-corrected chi connectivity index (χ2v) is 5.77. The number of nitrogens with two attached hydrogens (primary N) is 1. The quantitative estimate of drug-likeness (QED) is 0.679. The molecule has 1 aromatic carbocycles. The number of nitrogens with zero attached hydrogens (tertiary/aromatic N) is 4. The Balaban J connectivity index is 1.55. The number of thioether (sulfide) groups is 1. The second kappa shape index (κ2) is 6.69. The van der Waals surface area contributed by atoms with Gasteiger partial charge in [0.1, 0.15) is 5.75 Å². The third-order valence-corrected chi connectivity index (χ3v) is 3.75. The van der Waals surface area contributed by atoms with Gasteiger partial charge in [-0.25, -0.2) is 0 Å². The van der Waals surface area contributed by atoms with Gasteiger partial charge >= 0.3 is 6.01 Å². The maximum atomic E-state index is 5.72. The topological polar surface area (TPSA) is 113 Å². The molecule has 0 radical (unpaired) electrons. The molecule has 23 heavy (non-hydrogen) atoms. The molecule has 0 atom stereocenters. The minimum atomic E-state index is 0.0359. The molecule has 8 nitrogen and oxygen atoms in total. The van der Waals surface area contributed by atoms with Gasteiger partial charge in [0, 0.05) is 0 Å². The zero-order valence-corrected chi connectivity index (χ0v) is 13.5. The largest absolute Gasteiger partial charge is 0.484 e. The Morgan fingerprint density at radius 3 is 2.70 bits per heavy atom. The molecule has 0 spiro atoms. The Labute approximate surface area is 136 Å². The number of nitrogen functional groups attached to an aromatic ring is 1. The van der Waals surface area contributed by atoms with E-state index in [1.54, 1.807) is 0 Å². The summed E-state index contributed by atoms with van der Waals surface area (Å²) < 4.78 is 16.3. The van der Waals surface area contributed by atoms with E-state index in [1.807, 2.05) is 32.0 Å². The van der Waals surface area contributed by atoms with Crippen LogP contribution >= 0.6 is 11.8 Å². The average molecular weight is 333 g/mol. The van der Waals surface area contributed by atoms with Crippen LogP contribution in [0.1, 0.15) is 22.9 Å². The van der Waals surface area contributed by atoms with Gasteiger partial charge in [-0.2, -0.15) is 0 Å². The fraction of sp³-hybridized carbons (Fsp3) is 0.286. The predicted octanol–water partition coefficient (Wildman–Crippen LogP) is 2.52. The molecular weight excluding hydrogens is 318 g/mol. The van der Waals surface area contributed by atoms with Gasteiger partial charge in [0.25, 0.3) is 11.1 Å². The summed E-state index contributed by atoms with van der Waals surface area (Å²) >= 11 is 1.29. The van der Waals surface area contributed by atoms with Gasteiger partial charge in [0.2, 0.25) is 5.89 Å². The predicted molar refractivity (Wildman–Crippen MR) is 82.8 cm³/mol. The van der Waals surface area contributed by atoms with Gasteiger partial charge in [-0.05, 0) is 31.0 Å². The SMILES string of the molecule is Cc1ccc(C)c(OCc2nnc(SCc3nnc(N)o3)o2)c1. The van der Waals surface area contributed by atoms with Crippen molar-refractivity contribution < 1.29 is 13.6 Å². The minimum Gasteiger partial charge on any atom is -0.484 e. The van der Waals surface area contributed by atoms with Crippen molar-refractivity contribution in [1.29, 1.82) is 0 Å². The van der Waals surface area contributed by atoms with Crippen LogP contribution in [0.2, 0.25) is 0 Å². The zero-order valence-electron chi connectivity index (χ0n) is 12.6. The number of hydrogen-bond acceptors (Lipinski definition) is 9. The molecule has 120 valence electrons. The van der Waals surface area contributed by atoms with E-state index in [1.165, 1.54) is 11.8 Å². The van der Waals surface area contributed by atoms with Crippen molar-refractivity contribution in [3.05, 3.63) is 41.1 Å². The molecule has 0 amide bonds. The van der Waals surface area contributed by atoms with Crippen LogP contribution in [0.5, 0.6) is 5.75 Å². The lowest BCUT2D eigenvalue weighted by Gasteiger charge is -2.07. The lowest BCUT2D eigenvalue weighted by molar-refractivity contribution is 0.250. The molecule has 0 unspecified atom stereocenters. The average Bonchev–Trinajstić information content (AvgIpc) is 3.15. The van der Waals surface area contributed by atoms with Crippen LogP contribution in [-0.4, -0.2) is 20.4 Å². The molecule has 9 heteroatoms. The molecule has 0 saturated carbocycles.